The van der Waals surface area contributed by atoms with Crippen LogP contribution in [0.2, 0.25) is 0 Å². The number of ketones is 1. The molecule has 156 valence electrons. The van der Waals surface area contributed by atoms with Gasteiger partial charge in [-0.3, -0.25) is 14.4 Å². The van der Waals surface area contributed by atoms with E-state index in [1.165, 1.54) is 0 Å². The number of carbonyl (C=O) groups excluding carboxylic acids is 3. The van der Waals surface area contributed by atoms with E-state index in [2.05, 4.69) is 10.6 Å². The Hall–Kier alpha value is -1.51. The number of nitrogens with one attached hydrogen (secondary N) is 2. The second-order valence-electron chi connectivity index (χ2n) is 6.44. The van der Waals surface area contributed by atoms with E-state index in [-0.39, 0.29) is 38.9 Å². The quantitative estimate of drug-likeness (QED) is 0.389. The summed E-state index contributed by atoms with van der Waals surface area (Å²) in [5.41, 5.74) is 0. The zero-order valence-corrected chi connectivity index (χ0v) is 16.5. The molecule has 0 fully saturated rings. The summed E-state index contributed by atoms with van der Waals surface area (Å²) < 4.78 is 15.8. The standard InChI is InChI=1S/C18H34N2O6.2H2/c1-14(2)16(21)5-8-24-11-12-25-9-6-19-17(22)13-26-10-7-20-18(23)15(3)4;;/h14-15H,5-13H2,1-4H3,(H,19,22)(H,20,23);2*1H. The second-order valence-corrected chi connectivity index (χ2v) is 6.44. The average molecular weight is 379 g/mol. The number of rotatable bonds is 16. The minimum Gasteiger partial charge on any atom is -0.379 e. The second kappa shape index (κ2) is 15.7. The van der Waals surface area contributed by atoms with Crippen LogP contribution in [-0.4, -0.2) is 70.3 Å². The van der Waals surface area contributed by atoms with Gasteiger partial charge in [-0.05, 0) is 0 Å². The molecule has 8 heteroatoms. The Kier molecular flexibility index (Phi) is 14.8. The highest BCUT2D eigenvalue weighted by molar-refractivity contribution is 5.80. The molecule has 8 nitrogen and oxygen atoms in total. The van der Waals surface area contributed by atoms with E-state index in [4.69, 9.17) is 14.2 Å². The molecular formula is C18H38N2O6. The molecule has 0 unspecified atom stereocenters. The third-order valence-electron chi connectivity index (χ3n) is 3.38. The molecule has 0 heterocycles. The van der Waals surface area contributed by atoms with Crippen LogP contribution >= 0.6 is 0 Å². The van der Waals surface area contributed by atoms with Gasteiger partial charge in [0, 0.05) is 34.2 Å². The van der Waals surface area contributed by atoms with Crippen LogP contribution in [0.3, 0.4) is 0 Å². The summed E-state index contributed by atoms with van der Waals surface area (Å²) in [5, 5.41) is 5.37. The molecule has 0 saturated carbocycles. The van der Waals surface area contributed by atoms with Gasteiger partial charge in [0.15, 0.2) is 0 Å². The minimum atomic E-state index is -0.229. The fourth-order valence-electron chi connectivity index (χ4n) is 1.71. The average Bonchev–Trinajstić information content (AvgIpc) is 2.59. The molecule has 0 aliphatic carbocycles. The topological polar surface area (TPSA) is 103 Å². The minimum absolute atomic E-state index is 0. The fourth-order valence-corrected chi connectivity index (χ4v) is 1.71. The van der Waals surface area contributed by atoms with Crippen LogP contribution in [0.5, 0.6) is 0 Å². The van der Waals surface area contributed by atoms with Crippen LogP contribution < -0.4 is 10.6 Å². The number of amides is 2. The molecular weight excluding hydrogens is 340 g/mol. The number of Topliss-reactive ketones (excluding diaryl/α,β-unsaturated/α-hetero) is 1. The van der Waals surface area contributed by atoms with E-state index in [9.17, 15) is 14.4 Å². The van der Waals surface area contributed by atoms with Gasteiger partial charge in [-0.15, -0.1) is 0 Å². The van der Waals surface area contributed by atoms with Gasteiger partial charge in [0.25, 0.3) is 0 Å². The molecule has 0 aliphatic rings. The molecule has 0 spiro atoms. The lowest BCUT2D eigenvalue weighted by Crippen LogP contribution is -2.33. The molecule has 0 saturated heterocycles. The molecule has 0 aromatic carbocycles. The Bertz CT molecular complexity index is 423. The van der Waals surface area contributed by atoms with Crippen LogP contribution in [0.25, 0.3) is 0 Å². The number of carbonyl (C=O) groups is 3. The van der Waals surface area contributed by atoms with Crippen LogP contribution in [-0.2, 0) is 28.6 Å². The van der Waals surface area contributed by atoms with E-state index in [0.717, 1.165) is 0 Å². The van der Waals surface area contributed by atoms with Gasteiger partial charge in [-0.1, -0.05) is 27.7 Å². The predicted molar refractivity (Wildman–Crippen MR) is 102 cm³/mol. The van der Waals surface area contributed by atoms with Crippen molar-refractivity contribution in [2.24, 2.45) is 11.8 Å². The van der Waals surface area contributed by atoms with Gasteiger partial charge >= 0.3 is 0 Å². The number of hydrogen-bond acceptors (Lipinski definition) is 6. The zero-order valence-electron chi connectivity index (χ0n) is 16.5. The van der Waals surface area contributed by atoms with Gasteiger partial charge in [0.05, 0.1) is 33.0 Å². The zero-order chi connectivity index (χ0) is 19.8. The molecule has 0 aromatic heterocycles. The Morgan fingerprint density at radius 3 is 1.96 bits per heavy atom. The maximum Gasteiger partial charge on any atom is 0.246 e. The summed E-state index contributed by atoms with van der Waals surface area (Å²) in [6.45, 7) is 10.00. The Balaban J connectivity index is -0.00000312. The molecule has 2 amide bonds. The number of hydrogen-bond donors (Lipinski definition) is 2. The van der Waals surface area contributed by atoms with Gasteiger partial charge in [0.1, 0.15) is 12.4 Å². The fraction of sp³-hybridized carbons (Fsp3) is 0.833. The van der Waals surface area contributed by atoms with Crippen molar-refractivity contribution in [1.82, 2.24) is 10.6 Å². The number of ether oxygens (including phenoxy) is 3. The Labute approximate surface area is 159 Å². The van der Waals surface area contributed by atoms with Crippen molar-refractivity contribution in [3.05, 3.63) is 0 Å². The highest BCUT2D eigenvalue weighted by atomic mass is 16.5. The lowest BCUT2D eigenvalue weighted by molar-refractivity contribution is -0.126. The molecule has 26 heavy (non-hydrogen) atoms. The lowest BCUT2D eigenvalue weighted by atomic mass is 10.1. The lowest BCUT2D eigenvalue weighted by Gasteiger charge is -2.09. The maximum atomic E-state index is 11.5. The molecule has 0 rings (SSSR count). The molecule has 0 bridgehead atoms. The largest absolute Gasteiger partial charge is 0.379 e. The van der Waals surface area contributed by atoms with Gasteiger partial charge in [0.2, 0.25) is 11.8 Å². The molecule has 0 atom stereocenters. The SMILES string of the molecule is CC(C)C(=O)CCOCCOCCNC(=O)COCCNC(=O)C(C)C.[HH].[HH]. The first kappa shape index (κ1) is 24.5. The highest BCUT2D eigenvalue weighted by Gasteiger charge is 2.07. The van der Waals surface area contributed by atoms with Gasteiger partial charge < -0.3 is 24.8 Å². The first-order valence-electron chi connectivity index (χ1n) is 9.15. The van der Waals surface area contributed by atoms with Crippen LogP contribution in [0.4, 0.5) is 0 Å². The van der Waals surface area contributed by atoms with E-state index in [1.54, 1.807) is 0 Å². The molecule has 0 radical (unpaired) electrons. The third kappa shape index (κ3) is 14.8. The highest BCUT2D eigenvalue weighted by Crippen LogP contribution is 1.98. The smallest absolute Gasteiger partial charge is 0.246 e. The van der Waals surface area contributed by atoms with Crippen molar-refractivity contribution in [1.29, 1.82) is 0 Å². The van der Waals surface area contributed by atoms with Crippen LogP contribution in [0.1, 0.15) is 37.0 Å². The summed E-state index contributed by atoms with van der Waals surface area (Å²) >= 11 is 0. The summed E-state index contributed by atoms with van der Waals surface area (Å²) in [6, 6.07) is 0. The normalized spacial score (nSPS) is 11.0. The summed E-state index contributed by atoms with van der Waals surface area (Å²) in [4.78, 5) is 34.2. The summed E-state index contributed by atoms with van der Waals surface area (Å²) in [7, 11) is 0. The van der Waals surface area contributed by atoms with E-state index >= 15 is 0 Å². The van der Waals surface area contributed by atoms with E-state index in [1.807, 2.05) is 27.7 Å². The third-order valence-corrected chi connectivity index (χ3v) is 3.38. The predicted octanol–water partition coefficient (Wildman–Crippen LogP) is 1.03. The van der Waals surface area contributed by atoms with Gasteiger partial charge in [-0.2, -0.15) is 0 Å². The van der Waals surface area contributed by atoms with Crippen LogP contribution in [0.15, 0.2) is 0 Å². The van der Waals surface area contributed by atoms with Crippen LogP contribution in [0, 0.1) is 11.8 Å². The molecule has 2 N–H and O–H groups in total. The summed E-state index contributed by atoms with van der Waals surface area (Å²) in [6.07, 6.45) is 0.425. The summed E-state index contributed by atoms with van der Waals surface area (Å²) in [5.74, 6) is -0.0939. The van der Waals surface area contributed by atoms with E-state index < -0.39 is 0 Å². The maximum absolute atomic E-state index is 11.5. The van der Waals surface area contributed by atoms with E-state index in [0.29, 0.717) is 52.5 Å². The molecule has 0 aliphatic heterocycles. The van der Waals surface area contributed by atoms with Crippen molar-refractivity contribution >= 4 is 17.6 Å². The van der Waals surface area contributed by atoms with Crippen molar-refractivity contribution in [2.75, 3.05) is 52.7 Å². The molecule has 0 aromatic rings. The first-order valence-corrected chi connectivity index (χ1v) is 9.15. The monoisotopic (exact) mass is 378 g/mol. The Morgan fingerprint density at radius 2 is 1.35 bits per heavy atom. The first-order chi connectivity index (χ1) is 12.3. The van der Waals surface area contributed by atoms with Crippen molar-refractivity contribution in [2.45, 2.75) is 34.1 Å². The Morgan fingerprint density at radius 1 is 0.769 bits per heavy atom. The van der Waals surface area contributed by atoms with Gasteiger partial charge in [-0.25, -0.2) is 0 Å². The van der Waals surface area contributed by atoms with Crippen molar-refractivity contribution in [3.63, 3.8) is 0 Å². The van der Waals surface area contributed by atoms with Crippen molar-refractivity contribution in [3.8, 4) is 0 Å². The van der Waals surface area contributed by atoms with Crippen molar-refractivity contribution < 1.29 is 31.4 Å².